The average molecular weight is 179 g/mol. The van der Waals surface area contributed by atoms with E-state index in [1.165, 1.54) is 12.8 Å². The van der Waals surface area contributed by atoms with E-state index in [9.17, 15) is 0 Å². The Hall–Kier alpha value is -0.760. The summed E-state index contributed by atoms with van der Waals surface area (Å²) in [4.78, 5) is 0. The maximum atomic E-state index is 5.70. The molecule has 0 aromatic carbocycles. The topological polar surface area (TPSA) is 25.2 Å². The van der Waals surface area contributed by atoms with Gasteiger partial charge in [0.1, 0.15) is 11.5 Å². The van der Waals surface area contributed by atoms with E-state index in [0.717, 1.165) is 24.5 Å². The first-order valence-electron chi connectivity index (χ1n) is 5.09. The lowest BCUT2D eigenvalue weighted by Gasteiger charge is -2.25. The van der Waals surface area contributed by atoms with Gasteiger partial charge in [-0.05, 0) is 44.9 Å². The molecule has 1 saturated heterocycles. The van der Waals surface area contributed by atoms with Crippen LogP contribution in [0, 0.1) is 6.92 Å². The van der Waals surface area contributed by atoms with Crippen LogP contribution in [0.25, 0.3) is 0 Å². The van der Waals surface area contributed by atoms with Crippen LogP contribution >= 0.6 is 0 Å². The van der Waals surface area contributed by atoms with Gasteiger partial charge in [-0.2, -0.15) is 0 Å². The highest BCUT2D eigenvalue weighted by Crippen LogP contribution is 2.34. The normalized spacial score (nSPS) is 28.2. The van der Waals surface area contributed by atoms with E-state index in [0.29, 0.717) is 0 Å². The van der Waals surface area contributed by atoms with Crippen molar-refractivity contribution in [2.45, 2.75) is 38.6 Å². The smallest absolute Gasteiger partial charge is 0.124 e. The van der Waals surface area contributed by atoms with Gasteiger partial charge in [-0.25, -0.2) is 0 Å². The Morgan fingerprint density at radius 3 is 2.85 bits per heavy atom. The van der Waals surface area contributed by atoms with Gasteiger partial charge in [0.15, 0.2) is 0 Å². The highest BCUT2D eigenvalue weighted by Gasteiger charge is 2.35. The van der Waals surface area contributed by atoms with Crippen LogP contribution in [0.3, 0.4) is 0 Å². The zero-order valence-electron chi connectivity index (χ0n) is 8.39. The maximum Gasteiger partial charge on any atom is 0.124 e. The lowest BCUT2D eigenvalue weighted by atomic mass is 9.91. The monoisotopic (exact) mass is 179 g/mol. The minimum atomic E-state index is 0.133. The van der Waals surface area contributed by atoms with Crippen molar-refractivity contribution in [3.8, 4) is 0 Å². The lowest BCUT2D eigenvalue weighted by molar-refractivity contribution is 0.292. The molecule has 1 aliphatic heterocycles. The summed E-state index contributed by atoms with van der Waals surface area (Å²) in [6.07, 6.45) is 3.57. The summed E-state index contributed by atoms with van der Waals surface area (Å²) in [5.41, 5.74) is 0.133. The lowest BCUT2D eigenvalue weighted by Crippen LogP contribution is -2.35. The van der Waals surface area contributed by atoms with Gasteiger partial charge in [0.05, 0.1) is 5.54 Å². The van der Waals surface area contributed by atoms with Crippen molar-refractivity contribution in [1.82, 2.24) is 5.32 Å². The summed E-state index contributed by atoms with van der Waals surface area (Å²) in [6.45, 7) is 5.34. The molecule has 1 atom stereocenters. The molecule has 0 aliphatic carbocycles. The summed E-state index contributed by atoms with van der Waals surface area (Å²) >= 11 is 0. The van der Waals surface area contributed by atoms with Crippen molar-refractivity contribution in [3.63, 3.8) is 0 Å². The predicted octanol–water partition coefficient (Wildman–Crippen LogP) is 2.58. The minimum Gasteiger partial charge on any atom is -0.464 e. The minimum absolute atomic E-state index is 0.133. The van der Waals surface area contributed by atoms with Crippen molar-refractivity contribution in [1.29, 1.82) is 0 Å². The molecule has 0 radical (unpaired) electrons. The zero-order valence-corrected chi connectivity index (χ0v) is 8.39. The predicted molar refractivity (Wildman–Crippen MR) is 52.7 cm³/mol. The number of nitrogens with one attached hydrogen (secondary N) is 1. The molecule has 13 heavy (non-hydrogen) atoms. The van der Waals surface area contributed by atoms with E-state index >= 15 is 0 Å². The molecule has 0 saturated carbocycles. The molecule has 72 valence electrons. The van der Waals surface area contributed by atoms with E-state index in [1.54, 1.807) is 0 Å². The first-order chi connectivity index (χ1) is 6.27. The molecular weight excluding hydrogens is 162 g/mol. The highest BCUT2D eigenvalue weighted by atomic mass is 16.3. The van der Waals surface area contributed by atoms with Gasteiger partial charge in [0.25, 0.3) is 0 Å². The third kappa shape index (κ3) is 1.39. The number of rotatable bonds is 2. The SMILES string of the molecule is CCC1(c2ccc(C)o2)CCCN1. The summed E-state index contributed by atoms with van der Waals surface area (Å²) in [5.74, 6) is 2.13. The van der Waals surface area contributed by atoms with Crippen LogP contribution in [0.5, 0.6) is 0 Å². The zero-order chi connectivity index (χ0) is 9.31. The van der Waals surface area contributed by atoms with E-state index in [4.69, 9.17) is 4.42 Å². The third-order valence-corrected chi connectivity index (χ3v) is 3.06. The fourth-order valence-electron chi connectivity index (χ4n) is 2.18. The molecule has 0 amide bonds. The number of aryl methyl sites for hydroxylation is 1. The molecule has 0 bridgehead atoms. The number of furan rings is 1. The molecular formula is C11H17NO. The molecule has 1 aromatic rings. The van der Waals surface area contributed by atoms with Gasteiger partial charge in [-0.3, -0.25) is 0 Å². The van der Waals surface area contributed by atoms with Gasteiger partial charge in [0.2, 0.25) is 0 Å². The molecule has 2 nitrogen and oxygen atoms in total. The first kappa shape index (κ1) is 8.82. The number of hydrogen-bond acceptors (Lipinski definition) is 2. The highest BCUT2D eigenvalue weighted by molar-refractivity contribution is 5.17. The van der Waals surface area contributed by atoms with Gasteiger partial charge in [0, 0.05) is 0 Å². The molecule has 1 fully saturated rings. The molecule has 2 heteroatoms. The summed E-state index contributed by atoms with van der Waals surface area (Å²) in [7, 11) is 0. The van der Waals surface area contributed by atoms with Crippen LogP contribution in [0.1, 0.15) is 37.7 Å². The Kier molecular flexibility index (Phi) is 2.16. The molecule has 1 N–H and O–H groups in total. The Bertz CT molecular complexity index is 284. The van der Waals surface area contributed by atoms with E-state index in [-0.39, 0.29) is 5.54 Å². The molecule has 1 unspecified atom stereocenters. The Morgan fingerprint density at radius 1 is 1.54 bits per heavy atom. The van der Waals surface area contributed by atoms with Gasteiger partial charge in [-0.1, -0.05) is 6.92 Å². The van der Waals surface area contributed by atoms with Gasteiger partial charge < -0.3 is 9.73 Å². The molecule has 2 rings (SSSR count). The van der Waals surface area contributed by atoms with Crippen LogP contribution in [0.2, 0.25) is 0 Å². The largest absolute Gasteiger partial charge is 0.464 e. The standard InChI is InChI=1S/C11H17NO/c1-3-11(7-4-8-12-11)10-6-5-9(2)13-10/h5-6,12H,3-4,7-8H2,1-2H3. The van der Waals surface area contributed by atoms with E-state index in [2.05, 4.69) is 18.3 Å². The second-order valence-electron chi connectivity index (χ2n) is 3.88. The summed E-state index contributed by atoms with van der Waals surface area (Å²) in [5, 5.41) is 3.56. The van der Waals surface area contributed by atoms with Crippen LogP contribution in [-0.2, 0) is 5.54 Å². The van der Waals surface area contributed by atoms with E-state index in [1.807, 2.05) is 13.0 Å². The van der Waals surface area contributed by atoms with E-state index < -0.39 is 0 Å². The molecule has 2 heterocycles. The van der Waals surface area contributed by atoms with Crippen molar-refractivity contribution < 1.29 is 4.42 Å². The second-order valence-corrected chi connectivity index (χ2v) is 3.88. The van der Waals surface area contributed by atoms with Crippen molar-refractivity contribution in [2.75, 3.05) is 6.54 Å². The van der Waals surface area contributed by atoms with Crippen molar-refractivity contribution in [2.24, 2.45) is 0 Å². The van der Waals surface area contributed by atoms with Crippen LogP contribution < -0.4 is 5.32 Å². The summed E-state index contributed by atoms with van der Waals surface area (Å²) < 4.78 is 5.70. The van der Waals surface area contributed by atoms with Gasteiger partial charge >= 0.3 is 0 Å². The Balaban J connectivity index is 2.30. The molecule has 1 aromatic heterocycles. The van der Waals surface area contributed by atoms with Crippen LogP contribution in [0.4, 0.5) is 0 Å². The Labute approximate surface area is 79.3 Å². The Morgan fingerprint density at radius 2 is 2.38 bits per heavy atom. The molecule has 1 aliphatic rings. The quantitative estimate of drug-likeness (QED) is 0.754. The van der Waals surface area contributed by atoms with Crippen molar-refractivity contribution >= 4 is 0 Å². The fourth-order valence-corrected chi connectivity index (χ4v) is 2.18. The van der Waals surface area contributed by atoms with Crippen molar-refractivity contribution in [3.05, 3.63) is 23.7 Å². The second kappa shape index (κ2) is 3.18. The van der Waals surface area contributed by atoms with Crippen LogP contribution in [0.15, 0.2) is 16.5 Å². The summed E-state index contributed by atoms with van der Waals surface area (Å²) in [6, 6.07) is 4.16. The first-order valence-corrected chi connectivity index (χ1v) is 5.09. The third-order valence-electron chi connectivity index (χ3n) is 3.06. The maximum absolute atomic E-state index is 5.70. The fraction of sp³-hybridized carbons (Fsp3) is 0.636. The average Bonchev–Trinajstić information content (AvgIpc) is 2.73. The number of hydrogen-bond donors (Lipinski definition) is 1. The van der Waals surface area contributed by atoms with Crippen LogP contribution in [-0.4, -0.2) is 6.54 Å². The molecule has 0 spiro atoms. The van der Waals surface area contributed by atoms with Gasteiger partial charge in [-0.15, -0.1) is 0 Å².